The summed E-state index contributed by atoms with van der Waals surface area (Å²) in [6.07, 6.45) is -2.96. The van der Waals surface area contributed by atoms with Crippen LogP contribution in [-0.2, 0) is 14.3 Å². The highest BCUT2D eigenvalue weighted by atomic mass is 35.5. The number of ether oxygens (including phenoxy) is 1. The molecule has 2 aromatic heterocycles. The number of alkyl halides is 3. The van der Waals surface area contributed by atoms with Crippen LogP contribution in [0.2, 0.25) is 5.28 Å². The first-order valence-electron chi connectivity index (χ1n) is 12.3. The van der Waals surface area contributed by atoms with E-state index in [1.54, 1.807) is 11.8 Å². The standard InChI is InChI=1S/C25H29ClF3N7O3/c1-14(39-4)20-19(13-30-24-32-23(26)33-36(20)24)31-18-7-5-16(6-8-18)21(25(27,28)29)34(3)22(38)17-9-11-35(12-10-17)15(2)37/h5-8,13-14,17,21,31H,9-12H2,1-4H3/t14-,21+/m1/s1. The molecule has 0 unspecified atom stereocenters. The van der Waals surface area contributed by atoms with E-state index in [1.807, 2.05) is 0 Å². The van der Waals surface area contributed by atoms with Crippen LogP contribution in [0, 0.1) is 5.92 Å². The van der Waals surface area contributed by atoms with Crippen molar-refractivity contribution in [3.63, 3.8) is 0 Å². The maximum atomic E-state index is 14.2. The normalized spacial score (nSPS) is 16.3. The van der Waals surface area contributed by atoms with Gasteiger partial charge in [0.25, 0.3) is 5.78 Å². The first kappa shape index (κ1) is 28.6. The van der Waals surface area contributed by atoms with Crippen LogP contribution >= 0.6 is 11.6 Å². The van der Waals surface area contributed by atoms with Crippen LogP contribution in [0.15, 0.2) is 30.5 Å². The first-order chi connectivity index (χ1) is 18.4. The molecule has 3 aromatic rings. The van der Waals surface area contributed by atoms with Crippen LogP contribution in [0.4, 0.5) is 24.5 Å². The predicted molar refractivity (Wildman–Crippen MR) is 137 cm³/mol. The van der Waals surface area contributed by atoms with Crippen molar-refractivity contribution in [1.29, 1.82) is 0 Å². The average Bonchev–Trinajstić information content (AvgIpc) is 3.28. The Balaban J connectivity index is 1.56. The number of nitrogens with one attached hydrogen (secondary N) is 1. The van der Waals surface area contributed by atoms with Gasteiger partial charge in [0.1, 0.15) is 0 Å². The predicted octanol–water partition coefficient (Wildman–Crippen LogP) is 4.55. The smallest absolute Gasteiger partial charge is 0.375 e. The third-order valence-electron chi connectivity index (χ3n) is 6.96. The highest BCUT2D eigenvalue weighted by Crippen LogP contribution is 2.39. The van der Waals surface area contributed by atoms with Gasteiger partial charge < -0.3 is 19.9 Å². The first-order valence-corrected chi connectivity index (χ1v) is 12.7. The van der Waals surface area contributed by atoms with E-state index in [9.17, 15) is 22.8 Å². The van der Waals surface area contributed by atoms with Gasteiger partial charge >= 0.3 is 6.18 Å². The number of piperidine rings is 1. The second-order valence-corrected chi connectivity index (χ2v) is 9.79. The molecule has 39 heavy (non-hydrogen) atoms. The lowest BCUT2D eigenvalue weighted by atomic mass is 9.94. The molecule has 1 fully saturated rings. The van der Waals surface area contributed by atoms with Crippen molar-refractivity contribution in [1.82, 2.24) is 29.4 Å². The lowest BCUT2D eigenvalue weighted by molar-refractivity contribution is -0.191. The molecule has 0 radical (unpaired) electrons. The number of rotatable bonds is 7. The number of anilines is 2. The van der Waals surface area contributed by atoms with Crippen molar-refractivity contribution in [2.75, 3.05) is 32.6 Å². The highest BCUT2D eigenvalue weighted by Gasteiger charge is 2.46. The summed E-state index contributed by atoms with van der Waals surface area (Å²) in [5.41, 5.74) is 1.48. The lowest BCUT2D eigenvalue weighted by Crippen LogP contribution is -2.46. The summed E-state index contributed by atoms with van der Waals surface area (Å²) in [5, 5.41) is 7.29. The molecule has 14 heteroatoms. The van der Waals surface area contributed by atoms with Crippen molar-refractivity contribution in [3.05, 3.63) is 47.0 Å². The molecule has 0 saturated carbocycles. The molecule has 1 aliphatic rings. The Bertz CT molecular complexity index is 1340. The number of aromatic nitrogens is 4. The fourth-order valence-corrected chi connectivity index (χ4v) is 4.97. The summed E-state index contributed by atoms with van der Waals surface area (Å²) in [6.45, 7) is 3.93. The van der Waals surface area contributed by atoms with E-state index in [0.717, 1.165) is 4.90 Å². The molecule has 1 aromatic carbocycles. The van der Waals surface area contributed by atoms with Gasteiger partial charge in [-0.2, -0.15) is 22.7 Å². The van der Waals surface area contributed by atoms with E-state index in [1.165, 1.54) is 56.1 Å². The van der Waals surface area contributed by atoms with Crippen LogP contribution in [0.1, 0.15) is 50.1 Å². The number of likely N-dealkylation sites (tertiary alicyclic amines) is 1. The molecule has 1 saturated heterocycles. The minimum absolute atomic E-state index is 0.00909. The van der Waals surface area contributed by atoms with Gasteiger partial charge in [-0.3, -0.25) is 9.59 Å². The Kier molecular flexibility index (Phi) is 8.31. The van der Waals surface area contributed by atoms with Gasteiger partial charge in [0.15, 0.2) is 6.04 Å². The number of amides is 2. The number of benzene rings is 1. The van der Waals surface area contributed by atoms with Crippen molar-refractivity contribution < 1.29 is 27.5 Å². The van der Waals surface area contributed by atoms with Crippen molar-refractivity contribution in [2.24, 2.45) is 5.92 Å². The number of hydrogen-bond acceptors (Lipinski definition) is 7. The number of nitrogens with zero attached hydrogens (tertiary/aromatic N) is 6. The zero-order valence-electron chi connectivity index (χ0n) is 21.9. The minimum Gasteiger partial charge on any atom is -0.375 e. The summed E-state index contributed by atoms with van der Waals surface area (Å²) in [7, 11) is 2.70. The molecule has 210 valence electrons. The Morgan fingerprint density at radius 3 is 2.41 bits per heavy atom. The second-order valence-electron chi connectivity index (χ2n) is 9.45. The molecule has 0 spiro atoms. The molecule has 0 bridgehead atoms. The molecule has 4 rings (SSSR count). The Morgan fingerprint density at radius 1 is 1.21 bits per heavy atom. The fourth-order valence-electron chi connectivity index (χ4n) is 4.82. The Morgan fingerprint density at radius 2 is 1.85 bits per heavy atom. The zero-order chi connectivity index (χ0) is 28.5. The van der Waals surface area contributed by atoms with Crippen LogP contribution in [0.3, 0.4) is 0 Å². The molecular formula is C25H29ClF3N7O3. The molecule has 1 aliphatic heterocycles. The van der Waals surface area contributed by atoms with Gasteiger partial charge in [-0.05, 0) is 49.1 Å². The Labute approximate surface area is 228 Å². The number of carbonyl (C=O) groups is 2. The molecule has 2 atom stereocenters. The van der Waals surface area contributed by atoms with E-state index in [4.69, 9.17) is 16.3 Å². The summed E-state index contributed by atoms with van der Waals surface area (Å²) in [5.74, 6) is -1.01. The number of fused-ring (bicyclic) bond motifs is 1. The van der Waals surface area contributed by atoms with E-state index in [2.05, 4.69) is 20.4 Å². The third-order valence-corrected chi connectivity index (χ3v) is 7.12. The highest BCUT2D eigenvalue weighted by molar-refractivity contribution is 6.28. The summed E-state index contributed by atoms with van der Waals surface area (Å²) >= 11 is 5.94. The molecule has 2 amide bonds. The van der Waals surface area contributed by atoms with E-state index < -0.39 is 30.1 Å². The summed E-state index contributed by atoms with van der Waals surface area (Å²) in [4.78, 5) is 35.2. The molecule has 1 N–H and O–H groups in total. The van der Waals surface area contributed by atoms with E-state index >= 15 is 0 Å². The summed E-state index contributed by atoms with van der Waals surface area (Å²) < 4.78 is 49.6. The minimum atomic E-state index is -4.69. The van der Waals surface area contributed by atoms with Gasteiger partial charge in [0, 0.05) is 45.8 Å². The van der Waals surface area contributed by atoms with Gasteiger partial charge in [-0.25, -0.2) is 4.98 Å². The van der Waals surface area contributed by atoms with Crippen molar-refractivity contribution in [3.8, 4) is 0 Å². The van der Waals surface area contributed by atoms with Gasteiger partial charge in [0.2, 0.25) is 17.1 Å². The van der Waals surface area contributed by atoms with Gasteiger partial charge in [-0.1, -0.05) is 12.1 Å². The zero-order valence-corrected chi connectivity index (χ0v) is 22.6. The van der Waals surface area contributed by atoms with Gasteiger partial charge in [0.05, 0.1) is 23.7 Å². The van der Waals surface area contributed by atoms with Crippen molar-refractivity contribution in [2.45, 2.75) is 45.0 Å². The largest absolute Gasteiger partial charge is 0.413 e. The van der Waals surface area contributed by atoms with Crippen LogP contribution in [0.25, 0.3) is 5.78 Å². The quantitative estimate of drug-likeness (QED) is 0.446. The van der Waals surface area contributed by atoms with Crippen LogP contribution < -0.4 is 5.32 Å². The fraction of sp³-hybridized carbons (Fsp3) is 0.480. The lowest BCUT2D eigenvalue weighted by Gasteiger charge is -2.36. The van der Waals surface area contributed by atoms with E-state index in [0.29, 0.717) is 43.0 Å². The van der Waals surface area contributed by atoms with Gasteiger partial charge in [-0.15, -0.1) is 5.10 Å². The summed E-state index contributed by atoms with van der Waals surface area (Å²) in [6, 6.07) is 3.54. The second kappa shape index (κ2) is 11.3. The van der Waals surface area contributed by atoms with Crippen molar-refractivity contribution >= 4 is 40.6 Å². The number of carbonyl (C=O) groups excluding carboxylic acids is 2. The molecule has 10 nitrogen and oxygen atoms in total. The SMILES string of the molecule is CO[C@H](C)c1c(Nc2ccc([C@H](N(C)C(=O)C3CCN(C(C)=O)CC3)C(F)(F)F)cc2)cnc2nc(Cl)nn12. The Hall–Kier alpha value is -3.45. The monoisotopic (exact) mass is 567 g/mol. The molecule has 3 heterocycles. The molecular weight excluding hydrogens is 539 g/mol. The molecule has 0 aliphatic carbocycles. The third kappa shape index (κ3) is 6.09. The number of methoxy groups -OCH3 is 1. The van der Waals surface area contributed by atoms with Crippen LogP contribution in [-0.4, -0.2) is 74.6 Å². The van der Waals surface area contributed by atoms with Crippen LogP contribution in [0.5, 0.6) is 0 Å². The maximum Gasteiger partial charge on any atom is 0.413 e. The average molecular weight is 568 g/mol. The number of hydrogen-bond donors (Lipinski definition) is 1. The number of halogens is 4. The van der Waals surface area contributed by atoms with E-state index in [-0.39, 0.29) is 22.5 Å². The topological polar surface area (TPSA) is 105 Å². The maximum absolute atomic E-state index is 14.2.